The summed E-state index contributed by atoms with van der Waals surface area (Å²) in [4.78, 5) is 18.7. The maximum Gasteiger partial charge on any atom is 0.339 e. The average Bonchev–Trinajstić information content (AvgIpc) is 3.49. The first-order chi connectivity index (χ1) is 17.9. The lowest BCUT2D eigenvalue weighted by molar-refractivity contribution is 0.0966. The number of carbonyl (C=O) groups excluding carboxylic acids is 1. The van der Waals surface area contributed by atoms with Crippen LogP contribution in [0.4, 0.5) is 0 Å². The molecule has 4 aromatic rings. The summed E-state index contributed by atoms with van der Waals surface area (Å²) in [6, 6.07) is 17.6. The molecule has 9 heteroatoms. The molecule has 0 radical (unpaired) electrons. The van der Waals surface area contributed by atoms with Crippen LogP contribution in [0.15, 0.2) is 65.6 Å². The van der Waals surface area contributed by atoms with Crippen LogP contribution in [0.2, 0.25) is 5.02 Å². The lowest BCUT2D eigenvalue weighted by atomic mass is 9.99. The van der Waals surface area contributed by atoms with E-state index in [1.807, 2.05) is 6.07 Å². The van der Waals surface area contributed by atoms with Gasteiger partial charge in [-0.1, -0.05) is 24.1 Å². The van der Waals surface area contributed by atoms with Crippen molar-refractivity contribution >= 4 is 38.5 Å². The summed E-state index contributed by atoms with van der Waals surface area (Å²) >= 11 is 5.89. The van der Waals surface area contributed by atoms with Crippen LogP contribution in [0.3, 0.4) is 0 Å². The largest absolute Gasteiger partial charge is 0.379 e. The Hall–Kier alpha value is -3.33. The lowest BCUT2D eigenvalue weighted by Crippen LogP contribution is -2.28. The Morgan fingerprint density at radius 2 is 1.73 bits per heavy atom. The summed E-state index contributed by atoms with van der Waals surface area (Å²) in [6.45, 7) is 3.40. The molecule has 3 aromatic carbocycles. The minimum atomic E-state index is -4.09. The van der Waals surface area contributed by atoms with Crippen molar-refractivity contribution in [3.8, 4) is 17.0 Å². The Kier molecular flexibility index (Phi) is 6.18. The monoisotopic (exact) mass is 535 g/mol. The van der Waals surface area contributed by atoms with Crippen LogP contribution in [-0.2, 0) is 23.2 Å². The van der Waals surface area contributed by atoms with Gasteiger partial charge in [0.1, 0.15) is 10.6 Å². The minimum absolute atomic E-state index is 0.0111. The second-order valence-corrected chi connectivity index (χ2v) is 11.6. The van der Waals surface area contributed by atoms with Gasteiger partial charge in [0.2, 0.25) is 0 Å². The van der Waals surface area contributed by atoms with Crippen molar-refractivity contribution in [2.75, 3.05) is 13.1 Å². The van der Waals surface area contributed by atoms with Gasteiger partial charge >= 0.3 is 10.1 Å². The fourth-order valence-corrected chi connectivity index (χ4v) is 6.28. The molecular formula is C28H26ClN3O4S. The number of hydrogen-bond acceptors (Lipinski definition) is 5. The normalized spacial score (nSPS) is 16.1. The highest BCUT2D eigenvalue weighted by Crippen LogP contribution is 2.37. The van der Waals surface area contributed by atoms with E-state index in [0.717, 1.165) is 36.2 Å². The number of H-pyrrole nitrogens is 1. The molecule has 1 saturated heterocycles. The number of halogens is 1. The number of hydrogen-bond donors (Lipinski definition) is 2. The van der Waals surface area contributed by atoms with E-state index in [4.69, 9.17) is 15.8 Å². The predicted molar refractivity (Wildman–Crippen MR) is 143 cm³/mol. The van der Waals surface area contributed by atoms with Crippen molar-refractivity contribution in [2.45, 2.75) is 37.2 Å². The quantitative estimate of drug-likeness (QED) is 0.319. The Morgan fingerprint density at radius 1 is 0.946 bits per heavy atom. The molecule has 190 valence electrons. The molecule has 2 N–H and O–H groups in total. The van der Waals surface area contributed by atoms with Gasteiger partial charge < -0.3 is 14.5 Å². The smallest absolute Gasteiger partial charge is 0.339 e. The summed E-state index contributed by atoms with van der Waals surface area (Å²) in [5.41, 5.74) is 4.68. The molecule has 0 unspecified atom stereocenters. The van der Waals surface area contributed by atoms with Crippen molar-refractivity contribution in [3.05, 3.63) is 82.4 Å². The van der Waals surface area contributed by atoms with E-state index in [2.05, 4.69) is 33.4 Å². The predicted octanol–water partition coefficient (Wildman–Crippen LogP) is 5.49. The molecule has 7 nitrogen and oxygen atoms in total. The molecule has 0 aliphatic carbocycles. The highest BCUT2D eigenvalue weighted by atomic mass is 35.5. The average molecular weight is 536 g/mol. The standard InChI is InChI=1S/C28H26ClN3O4S/c29-20-5-7-21(8-6-20)37(34,35)36-26-11-9-22(27-23(26)16-30-28(27)33)25-15-19-14-18(4-10-24(19)31-25)17-32-12-2-1-3-13-32/h4-11,14-15,31H,1-3,12-13,16-17H2,(H,30,33). The number of amides is 1. The van der Waals surface area contributed by atoms with Gasteiger partial charge in [0.15, 0.2) is 0 Å². The second-order valence-electron chi connectivity index (χ2n) is 9.58. The van der Waals surface area contributed by atoms with Crippen LogP contribution in [-0.4, -0.2) is 37.3 Å². The second kappa shape index (κ2) is 9.52. The summed E-state index contributed by atoms with van der Waals surface area (Å²) < 4.78 is 31.2. The summed E-state index contributed by atoms with van der Waals surface area (Å²) in [7, 11) is -4.09. The van der Waals surface area contributed by atoms with Crippen LogP contribution in [0, 0.1) is 0 Å². The fourth-order valence-electron chi connectivity index (χ4n) is 5.19. The van der Waals surface area contributed by atoms with E-state index < -0.39 is 10.1 Å². The van der Waals surface area contributed by atoms with Crippen molar-refractivity contribution in [1.29, 1.82) is 0 Å². The first-order valence-corrected chi connectivity index (χ1v) is 14.1. The third kappa shape index (κ3) is 4.72. The van der Waals surface area contributed by atoms with E-state index in [9.17, 15) is 13.2 Å². The van der Waals surface area contributed by atoms with Gasteiger partial charge in [-0.05, 0) is 86.1 Å². The lowest BCUT2D eigenvalue weighted by Gasteiger charge is -2.26. The number of benzene rings is 3. The topological polar surface area (TPSA) is 91.5 Å². The van der Waals surface area contributed by atoms with Gasteiger partial charge in [-0.3, -0.25) is 9.69 Å². The van der Waals surface area contributed by atoms with Crippen molar-refractivity contribution in [3.63, 3.8) is 0 Å². The molecule has 0 atom stereocenters. The zero-order chi connectivity index (χ0) is 25.6. The van der Waals surface area contributed by atoms with Crippen molar-refractivity contribution < 1.29 is 17.4 Å². The number of nitrogens with one attached hydrogen (secondary N) is 2. The Labute approximate surface area is 220 Å². The van der Waals surface area contributed by atoms with Crippen LogP contribution >= 0.6 is 11.6 Å². The van der Waals surface area contributed by atoms with E-state index >= 15 is 0 Å². The molecule has 2 aliphatic rings. The van der Waals surface area contributed by atoms with Gasteiger partial charge in [-0.15, -0.1) is 0 Å². The molecular weight excluding hydrogens is 510 g/mol. The highest BCUT2D eigenvalue weighted by Gasteiger charge is 2.30. The maximum atomic E-state index is 12.9. The van der Waals surface area contributed by atoms with Gasteiger partial charge in [0.05, 0.1) is 5.56 Å². The minimum Gasteiger partial charge on any atom is -0.379 e. The molecule has 0 spiro atoms. The maximum absolute atomic E-state index is 12.9. The van der Waals surface area contributed by atoms with Crippen LogP contribution in [0.25, 0.3) is 22.2 Å². The molecule has 2 aliphatic heterocycles. The van der Waals surface area contributed by atoms with Gasteiger partial charge in [0.25, 0.3) is 5.91 Å². The molecule has 3 heterocycles. The van der Waals surface area contributed by atoms with Crippen LogP contribution in [0.5, 0.6) is 5.75 Å². The molecule has 0 bridgehead atoms. The molecule has 1 fully saturated rings. The summed E-state index contributed by atoms with van der Waals surface area (Å²) in [6.07, 6.45) is 3.82. The molecule has 1 amide bonds. The van der Waals surface area contributed by atoms with E-state index in [-0.39, 0.29) is 23.1 Å². The van der Waals surface area contributed by atoms with Crippen molar-refractivity contribution in [2.24, 2.45) is 0 Å². The molecule has 1 aromatic heterocycles. The number of fused-ring (bicyclic) bond motifs is 2. The van der Waals surface area contributed by atoms with Crippen LogP contribution in [0.1, 0.15) is 40.7 Å². The van der Waals surface area contributed by atoms with Crippen LogP contribution < -0.4 is 9.50 Å². The first kappa shape index (κ1) is 24.0. The number of piperidine rings is 1. The third-order valence-electron chi connectivity index (χ3n) is 7.05. The molecule has 0 saturated carbocycles. The van der Waals surface area contributed by atoms with Crippen molar-refractivity contribution in [1.82, 2.24) is 15.2 Å². The number of carbonyl (C=O) groups is 1. The summed E-state index contributed by atoms with van der Waals surface area (Å²) in [5, 5.41) is 4.30. The van der Waals surface area contributed by atoms with Gasteiger partial charge in [-0.25, -0.2) is 0 Å². The fraction of sp³-hybridized carbons (Fsp3) is 0.250. The third-order valence-corrected chi connectivity index (χ3v) is 8.56. The van der Waals surface area contributed by atoms with E-state index in [0.29, 0.717) is 21.7 Å². The zero-order valence-corrected chi connectivity index (χ0v) is 21.7. The van der Waals surface area contributed by atoms with E-state index in [1.54, 1.807) is 12.1 Å². The summed E-state index contributed by atoms with van der Waals surface area (Å²) in [5.74, 6) is -0.129. The number of likely N-dealkylation sites (tertiary alicyclic amines) is 1. The molecule has 6 rings (SSSR count). The number of aromatic nitrogens is 1. The SMILES string of the molecule is O=C1NCc2c(OS(=O)(=O)c3ccc(Cl)cc3)ccc(-c3cc4cc(CN5CCCCC5)ccc4[nH]3)c21. The zero-order valence-electron chi connectivity index (χ0n) is 20.1. The first-order valence-electron chi connectivity index (χ1n) is 12.4. The Balaban J connectivity index is 1.32. The van der Waals surface area contributed by atoms with Gasteiger partial charge in [-0.2, -0.15) is 8.42 Å². The highest BCUT2D eigenvalue weighted by molar-refractivity contribution is 7.87. The number of nitrogens with zero attached hydrogens (tertiary/aromatic N) is 1. The van der Waals surface area contributed by atoms with Gasteiger partial charge in [0, 0.05) is 45.8 Å². The number of rotatable bonds is 6. The number of aromatic amines is 1. The molecule has 37 heavy (non-hydrogen) atoms. The van der Waals surface area contributed by atoms with E-state index in [1.165, 1.54) is 49.1 Å². The Morgan fingerprint density at radius 3 is 2.51 bits per heavy atom. The Bertz CT molecular complexity index is 1610.